The minimum atomic E-state index is -0.597. The summed E-state index contributed by atoms with van der Waals surface area (Å²) in [4.78, 5) is 18.7. The highest BCUT2D eigenvalue weighted by atomic mass is 16.7. The highest BCUT2D eigenvalue weighted by molar-refractivity contribution is 6.14. The van der Waals surface area contributed by atoms with Crippen LogP contribution in [-0.4, -0.2) is 11.6 Å². The number of carbonyl (C=O) groups excluding carboxylic acids is 1. The van der Waals surface area contributed by atoms with E-state index >= 15 is 0 Å². The maximum Gasteiger partial charge on any atom is 0.342 e. The molecule has 0 atom stereocenters. The van der Waals surface area contributed by atoms with Crippen LogP contribution in [0, 0.1) is 6.92 Å². The predicted octanol–water partition coefficient (Wildman–Crippen LogP) is 5.01. The number of hydrogen-bond acceptors (Lipinski definition) is 4. The van der Waals surface area contributed by atoms with E-state index in [1.54, 1.807) is 6.92 Å². The highest BCUT2D eigenvalue weighted by Gasteiger charge is 2.31. The fourth-order valence-corrected chi connectivity index (χ4v) is 2.92. The Morgan fingerprint density at radius 1 is 0.926 bits per heavy atom. The molecule has 27 heavy (non-hydrogen) atoms. The highest BCUT2D eigenvalue weighted by Crippen LogP contribution is 2.37. The number of hydrogen-bond donors (Lipinski definition) is 1. The van der Waals surface area contributed by atoms with E-state index in [0.717, 1.165) is 28.0 Å². The van der Waals surface area contributed by atoms with Gasteiger partial charge >= 0.3 is 5.97 Å². The summed E-state index contributed by atoms with van der Waals surface area (Å²) in [6.07, 6.45) is 0. The molecule has 1 N–H and O–H groups in total. The normalized spacial score (nSPS) is 14.6. The van der Waals surface area contributed by atoms with Crippen LogP contribution < -0.4 is 5.48 Å². The van der Waals surface area contributed by atoms with Gasteiger partial charge in [-0.15, -0.1) is 0 Å². The van der Waals surface area contributed by atoms with Crippen molar-refractivity contribution in [2.75, 3.05) is 0 Å². The van der Waals surface area contributed by atoms with Crippen LogP contribution in [0.25, 0.3) is 11.3 Å². The summed E-state index contributed by atoms with van der Waals surface area (Å²) in [5, 5.41) is 0. The summed E-state index contributed by atoms with van der Waals surface area (Å²) < 4.78 is 5.67. The molecule has 2 aromatic rings. The molecule has 140 valence electrons. The number of aryl methyl sites for hydroxylation is 1. The first-order valence-corrected chi connectivity index (χ1v) is 9.00. The zero-order valence-electron chi connectivity index (χ0n) is 16.4. The van der Waals surface area contributed by atoms with Crippen LogP contribution in [0.1, 0.15) is 44.4 Å². The SMILES string of the molecule is CC1=C(C(=O)OC(C)(C)C)C(c2ccc(C)cc2)=C(c2ccccc2)NO1. The van der Waals surface area contributed by atoms with Gasteiger partial charge in [0.1, 0.15) is 16.9 Å². The zero-order valence-corrected chi connectivity index (χ0v) is 16.4. The van der Waals surface area contributed by atoms with Crippen LogP contribution in [0.2, 0.25) is 0 Å². The average Bonchev–Trinajstić information content (AvgIpc) is 2.61. The molecule has 0 fully saturated rings. The fraction of sp³-hybridized carbons (Fsp3) is 0.261. The Balaban J connectivity index is 2.21. The Bertz CT molecular complexity index is 901. The van der Waals surface area contributed by atoms with Gasteiger partial charge in [-0.05, 0) is 40.2 Å². The van der Waals surface area contributed by atoms with Crippen molar-refractivity contribution in [2.24, 2.45) is 0 Å². The van der Waals surface area contributed by atoms with Crippen molar-refractivity contribution in [3.63, 3.8) is 0 Å². The second kappa shape index (κ2) is 7.31. The number of nitrogens with one attached hydrogen (secondary N) is 1. The number of rotatable bonds is 3. The van der Waals surface area contributed by atoms with Gasteiger partial charge in [-0.25, -0.2) is 10.3 Å². The second-order valence-corrected chi connectivity index (χ2v) is 7.62. The maximum absolute atomic E-state index is 13.0. The molecular formula is C23H25NO3. The molecule has 3 rings (SSSR count). The Labute approximate surface area is 160 Å². The van der Waals surface area contributed by atoms with Gasteiger partial charge in [0.2, 0.25) is 0 Å². The summed E-state index contributed by atoms with van der Waals surface area (Å²) >= 11 is 0. The van der Waals surface area contributed by atoms with E-state index in [1.807, 2.05) is 82.3 Å². The van der Waals surface area contributed by atoms with Gasteiger partial charge in [0.15, 0.2) is 0 Å². The van der Waals surface area contributed by atoms with Crippen LogP contribution in [0.5, 0.6) is 0 Å². The Kier molecular flexibility index (Phi) is 5.08. The van der Waals surface area contributed by atoms with Crippen molar-refractivity contribution in [1.29, 1.82) is 0 Å². The molecule has 4 heteroatoms. The summed E-state index contributed by atoms with van der Waals surface area (Å²) in [5.74, 6) is 0.0880. The molecule has 0 saturated carbocycles. The lowest BCUT2D eigenvalue weighted by Crippen LogP contribution is -2.29. The third-order valence-electron chi connectivity index (χ3n) is 4.16. The first kappa shape index (κ1) is 18.8. The molecule has 1 heterocycles. The maximum atomic E-state index is 13.0. The number of benzene rings is 2. The minimum Gasteiger partial charge on any atom is -0.456 e. The van der Waals surface area contributed by atoms with Crippen molar-refractivity contribution < 1.29 is 14.4 Å². The lowest BCUT2D eigenvalue weighted by Gasteiger charge is -2.28. The van der Waals surface area contributed by atoms with Crippen molar-refractivity contribution >= 4 is 17.2 Å². The number of esters is 1. The van der Waals surface area contributed by atoms with Crippen molar-refractivity contribution in [1.82, 2.24) is 5.48 Å². The van der Waals surface area contributed by atoms with Gasteiger partial charge in [0.25, 0.3) is 0 Å². The van der Waals surface area contributed by atoms with Gasteiger partial charge in [0.05, 0.1) is 5.70 Å². The van der Waals surface area contributed by atoms with E-state index in [0.29, 0.717) is 11.3 Å². The quantitative estimate of drug-likeness (QED) is 0.779. The Morgan fingerprint density at radius 3 is 2.15 bits per heavy atom. The minimum absolute atomic E-state index is 0.398. The lowest BCUT2D eigenvalue weighted by molar-refractivity contribution is -0.149. The smallest absolute Gasteiger partial charge is 0.342 e. The molecule has 0 bridgehead atoms. The van der Waals surface area contributed by atoms with Crippen molar-refractivity contribution in [2.45, 2.75) is 40.2 Å². The number of hydroxylamine groups is 1. The van der Waals surface area contributed by atoms with E-state index < -0.39 is 11.6 Å². The van der Waals surface area contributed by atoms with Gasteiger partial charge in [-0.1, -0.05) is 60.2 Å². The molecule has 0 amide bonds. The third-order valence-corrected chi connectivity index (χ3v) is 4.16. The van der Waals surface area contributed by atoms with Gasteiger partial charge in [-0.2, -0.15) is 0 Å². The largest absolute Gasteiger partial charge is 0.456 e. The van der Waals surface area contributed by atoms with Crippen LogP contribution in [-0.2, 0) is 14.4 Å². The first-order chi connectivity index (χ1) is 12.8. The van der Waals surface area contributed by atoms with Gasteiger partial charge in [-0.3, -0.25) is 0 Å². The van der Waals surface area contributed by atoms with E-state index in [4.69, 9.17) is 9.57 Å². The topological polar surface area (TPSA) is 47.6 Å². The van der Waals surface area contributed by atoms with Crippen LogP contribution in [0.3, 0.4) is 0 Å². The van der Waals surface area contributed by atoms with Crippen LogP contribution in [0.15, 0.2) is 65.9 Å². The van der Waals surface area contributed by atoms with E-state index in [-0.39, 0.29) is 0 Å². The molecule has 0 aliphatic carbocycles. The number of allylic oxidation sites excluding steroid dienone is 1. The fourth-order valence-electron chi connectivity index (χ4n) is 2.92. The van der Waals surface area contributed by atoms with Crippen LogP contribution >= 0.6 is 0 Å². The Hall–Kier alpha value is -3.01. The lowest BCUT2D eigenvalue weighted by atomic mass is 9.91. The molecule has 0 radical (unpaired) electrons. The van der Waals surface area contributed by atoms with E-state index in [2.05, 4.69) is 5.48 Å². The molecule has 1 aliphatic rings. The van der Waals surface area contributed by atoms with Crippen molar-refractivity contribution in [3.05, 3.63) is 82.6 Å². The standard InChI is InChI=1S/C23H25NO3/c1-15-11-13-17(14-12-15)20-19(22(25)26-23(3,4)5)16(2)27-24-21(20)18-9-7-6-8-10-18/h6-14,24H,1-5H3. The number of carbonyl (C=O) groups is 1. The van der Waals surface area contributed by atoms with Gasteiger partial charge in [0, 0.05) is 11.1 Å². The van der Waals surface area contributed by atoms with Crippen molar-refractivity contribution in [3.8, 4) is 0 Å². The Morgan fingerprint density at radius 2 is 1.56 bits per heavy atom. The van der Waals surface area contributed by atoms with E-state index in [9.17, 15) is 4.79 Å². The molecule has 4 nitrogen and oxygen atoms in total. The molecule has 0 spiro atoms. The molecule has 2 aromatic carbocycles. The average molecular weight is 363 g/mol. The predicted molar refractivity (Wildman–Crippen MR) is 107 cm³/mol. The molecule has 0 aromatic heterocycles. The molecule has 0 unspecified atom stereocenters. The van der Waals surface area contributed by atoms with Crippen LogP contribution in [0.4, 0.5) is 0 Å². The molecule has 1 aliphatic heterocycles. The summed E-state index contributed by atoms with van der Waals surface area (Å²) in [6, 6.07) is 17.9. The molecule has 0 saturated heterocycles. The zero-order chi connectivity index (χ0) is 19.6. The summed E-state index contributed by atoms with van der Waals surface area (Å²) in [6.45, 7) is 9.37. The first-order valence-electron chi connectivity index (χ1n) is 9.00. The summed E-state index contributed by atoms with van der Waals surface area (Å²) in [7, 11) is 0. The third kappa shape index (κ3) is 4.22. The molecular weight excluding hydrogens is 338 g/mol. The van der Waals surface area contributed by atoms with E-state index in [1.165, 1.54) is 0 Å². The number of ether oxygens (including phenoxy) is 1. The second-order valence-electron chi connectivity index (χ2n) is 7.62. The monoisotopic (exact) mass is 363 g/mol. The van der Waals surface area contributed by atoms with Gasteiger partial charge < -0.3 is 9.57 Å². The summed E-state index contributed by atoms with van der Waals surface area (Å²) in [5.41, 5.74) is 7.38.